The molecule has 2 aliphatic rings. The Morgan fingerprint density at radius 2 is 1.90 bits per heavy atom. The van der Waals surface area contributed by atoms with E-state index in [1.54, 1.807) is 21.9 Å². The summed E-state index contributed by atoms with van der Waals surface area (Å²) in [4.78, 5) is 32.2. The van der Waals surface area contributed by atoms with E-state index in [2.05, 4.69) is 9.71 Å². The zero-order valence-corrected chi connectivity index (χ0v) is 25.4. The van der Waals surface area contributed by atoms with E-state index in [1.165, 1.54) is 30.3 Å². The van der Waals surface area contributed by atoms with Crippen LogP contribution in [-0.4, -0.2) is 57.1 Å². The number of rotatable bonds is 7. The number of likely N-dealkylation sites (tertiary alicyclic amines) is 1. The molecular weight excluding hydrogens is 564 g/mol. The van der Waals surface area contributed by atoms with Gasteiger partial charge in [-0.05, 0) is 89.2 Å². The van der Waals surface area contributed by atoms with Crippen LogP contribution in [0.3, 0.4) is 0 Å². The number of benzene rings is 2. The van der Waals surface area contributed by atoms with Crippen LogP contribution in [-0.2, 0) is 4.74 Å². The SMILES string of the molecule is CCN(C)SNc1ccc(F)c(Oc2ccc3ncn(C4CC5(CCN(C(=O)OC(C)(C)C)CC5)C4)c(=O)c3c2)c1F. The summed E-state index contributed by atoms with van der Waals surface area (Å²) in [5.41, 5.74) is -0.124. The molecule has 42 heavy (non-hydrogen) atoms. The van der Waals surface area contributed by atoms with Gasteiger partial charge in [-0.3, -0.25) is 9.36 Å². The molecule has 1 aliphatic heterocycles. The highest BCUT2D eigenvalue weighted by Crippen LogP contribution is 2.54. The van der Waals surface area contributed by atoms with Crippen LogP contribution in [0.5, 0.6) is 11.5 Å². The molecule has 0 bridgehead atoms. The van der Waals surface area contributed by atoms with Crippen molar-refractivity contribution in [2.24, 2.45) is 5.41 Å². The Kier molecular flexibility index (Phi) is 8.39. The summed E-state index contributed by atoms with van der Waals surface area (Å²) in [5, 5.41) is 0.311. The van der Waals surface area contributed by atoms with Gasteiger partial charge >= 0.3 is 6.09 Å². The van der Waals surface area contributed by atoms with Gasteiger partial charge in [0.25, 0.3) is 5.56 Å². The molecule has 1 saturated heterocycles. The molecule has 1 spiro atoms. The van der Waals surface area contributed by atoms with E-state index in [-0.39, 0.29) is 34.5 Å². The number of ether oxygens (including phenoxy) is 2. The molecule has 0 unspecified atom stereocenters. The molecule has 2 aromatic carbocycles. The molecule has 1 aliphatic carbocycles. The van der Waals surface area contributed by atoms with Crippen LogP contribution in [0.15, 0.2) is 41.5 Å². The number of nitrogens with one attached hydrogen (secondary N) is 1. The van der Waals surface area contributed by atoms with Gasteiger partial charge in [0.2, 0.25) is 5.75 Å². The fourth-order valence-electron chi connectivity index (χ4n) is 5.49. The van der Waals surface area contributed by atoms with Crippen LogP contribution in [0, 0.1) is 17.0 Å². The molecular formula is C30H37F2N5O4S. The van der Waals surface area contributed by atoms with Crippen LogP contribution >= 0.6 is 12.1 Å². The van der Waals surface area contributed by atoms with E-state index in [0.29, 0.717) is 24.0 Å². The lowest BCUT2D eigenvalue weighted by molar-refractivity contribution is -0.0241. The number of halogens is 2. The third-order valence-electron chi connectivity index (χ3n) is 7.99. The summed E-state index contributed by atoms with van der Waals surface area (Å²) >= 11 is 1.18. The predicted molar refractivity (Wildman–Crippen MR) is 160 cm³/mol. The predicted octanol–water partition coefficient (Wildman–Crippen LogP) is 6.75. The van der Waals surface area contributed by atoms with Crippen molar-refractivity contribution >= 4 is 34.8 Å². The van der Waals surface area contributed by atoms with Crippen LogP contribution in [0.2, 0.25) is 0 Å². The standard InChI is InChI=1S/C30H37F2N5O4S/c1-6-35(5)42-34-24-10-8-22(31)26(25(24)32)40-20-7-9-23-21(15-20)27(38)37(18-33-23)19-16-30(17-19)11-13-36(14-12-30)28(39)41-29(2,3)4/h7-10,15,18-19,34H,6,11-14,16-17H2,1-5H3. The first-order chi connectivity index (χ1) is 19.9. The Bertz CT molecular complexity index is 1530. The Balaban J connectivity index is 1.28. The van der Waals surface area contributed by atoms with Gasteiger partial charge in [0.15, 0.2) is 11.6 Å². The highest BCUT2D eigenvalue weighted by atomic mass is 32.2. The quantitative estimate of drug-likeness (QED) is 0.298. The van der Waals surface area contributed by atoms with Gasteiger partial charge in [0, 0.05) is 37.8 Å². The zero-order chi connectivity index (χ0) is 30.2. The summed E-state index contributed by atoms with van der Waals surface area (Å²) in [6.45, 7) is 9.51. The fraction of sp³-hybridized carbons (Fsp3) is 0.500. The second-order valence-corrected chi connectivity index (χ2v) is 13.2. The van der Waals surface area contributed by atoms with E-state index in [4.69, 9.17) is 9.47 Å². The Morgan fingerprint density at radius 3 is 2.57 bits per heavy atom. The lowest BCUT2D eigenvalue weighted by Crippen LogP contribution is -2.51. The maximum absolute atomic E-state index is 15.1. The molecule has 1 saturated carbocycles. The normalized spacial score (nSPS) is 17.0. The van der Waals surface area contributed by atoms with E-state index < -0.39 is 23.0 Å². The number of amides is 1. The van der Waals surface area contributed by atoms with Gasteiger partial charge in [-0.25, -0.2) is 22.9 Å². The van der Waals surface area contributed by atoms with E-state index >= 15 is 4.39 Å². The molecule has 1 N–H and O–H groups in total. The van der Waals surface area contributed by atoms with Crippen molar-refractivity contribution in [1.29, 1.82) is 0 Å². The van der Waals surface area contributed by atoms with Crippen molar-refractivity contribution in [1.82, 2.24) is 18.8 Å². The molecule has 2 heterocycles. The van der Waals surface area contributed by atoms with Gasteiger partial charge in [0.05, 0.1) is 22.9 Å². The highest BCUT2D eigenvalue weighted by molar-refractivity contribution is 7.98. The van der Waals surface area contributed by atoms with E-state index in [1.807, 2.05) is 39.0 Å². The number of carbonyl (C=O) groups excluding carboxylic acids is 1. The minimum atomic E-state index is -0.867. The average molecular weight is 602 g/mol. The van der Waals surface area contributed by atoms with Gasteiger partial charge in [-0.2, -0.15) is 0 Å². The van der Waals surface area contributed by atoms with Crippen LogP contribution in [0.1, 0.15) is 59.4 Å². The lowest BCUT2D eigenvalue weighted by Gasteiger charge is -2.52. The zero-order valence-electron chi connectivity index (χ0n) is 24.6. The third kappa shape index (κ3) is 6.34. The average Bonchev–Trinajstić information content (AvgIpc) is 2.93. The van der Waals surface area contributed by atoms with Gasteiger partial charge < -0.3 is 19.1 Å². The van der Waals surface area contributed by atoms with Crippen molar-refractivity contribution in [2.45, 2.75) is 65.0 Å². The summed E-state index contributed by atoms with van der Waals surface area (Å²) in [6, 6.07) is 7.05. The van der Waals surface area contributed by atoms with E-state index in [0.717, 1.165) is 38.3 Å². The first-order valence-corrected chi connectivity index (χ1v) is 14.9. The third-order valence-corrected chi connectivity index (χ3v) is 8.87. The second-order valence-electron chi connectivity index (χ2n) is 12.1. The largest absolute Gasteiger partial charge is 0.451 e. The number of hydrogen-bond donors (Lipinski definition) is 1. The number of aromatic nitrogens is 2. The number of fused-ring (bicyclic) bond motifs is 1. The highest BCUT2D eigenvalue weighted by Gasteiger charge is 2.47. The summed E-state index contributed by atoms with van der Waals surface area (Å²) in [6.07, 6.45) is 4.63. The Labute approximate surface area is 248 Å². The topological polar surface area (TPSA) is 88.9 Å². The molecule has 9 nitrogen and oxygen atoms in total. The molecule has 2 fully saturated rings. The minimum Gasteiger partial charge on any atom is -0.451 e. The molecule has 0 atom stereocenters. The monoisotopic (exact) mass is 601 g/mol. The number of piperidine rings is 1. The van der Waals surface area contributed by atoms with Gasteiger partial charge in [0.1, 0.15) is 11.4 Å². The van der Waals surface area contributed by atoms with Crippen molar-refractivity contribution in [3.63, 3.8) is 0 Å². The maximum atomic E-state index is 15.1. The number of nitrogens with zero attached hydrogens (tertiary/aromatic N) is 4. The number of hydrogen-bond acceptors (Lipinski definition) is 8. The van der Waals surface area contributed by atoms with Crippen molar-refractivity contribution in [3.05, 3.63) is 58.6 Å². The molecule has 1 amide bonds. The molecule has 3 aromatic rings. The first-order valence-electron chi connectivity index (χ1n) is 14.2. The van der Waals surface area contributed by atoms with Crippen LogP contribution in [0.25, 0.3) is 10.9 Å². The minimum absolute atomic E-state index is 0.0107. The van der Waals surface area contributed by atoms with Crippen LogP contribution < -0.4 is 15.0 Å². The molecule has 1 aromatic heterocycles. The number of carbonyl (C=O) groups is 1. The fourth-order valence-corrected chi connectivity index (χ4v) is 6.03. The summed E-state index contributed by atoms with van der Waals surface area (Å²) < 4.78 is 47.2. The molecule has 226 valence electrons. The smallest absolute Gasteiger partial charge is 0.410 e. The molecule has 12 heteroatoms. The molecule has 0 radical (unpaired) electrons. The molecule has 5 rings (SSSR count). The van der Waals surface area contributed by atoms with E-state index in [9.17, 15) is 14.0 Å². The first kappa shape index (κ1) is 30.1. The van der Waals surface area contributed by atoms with Crippen molar-refractivity contribution in [3.8, 4) is 11.5 Å². The summed E-state index contributed by atoms with van der Waals surface area (Å²) in [5.74, 6) is -2.14. The lowest BCUT2D eigenvalue weighted by atomic mass is 9.60. The second kappa shape index (κ2) is 11.7. The Hall–Kier alpha value is -3.38. The number of anilines is 1. The van der Waals surface area contributed by atoms with Gasteiger partial charge in [-0.1, -0.05) is 6.92 Å². The maximum Gasteiger partial charge on any atom is 0.410 e. The van der Waals surface area contributed by atoms with Gasteiger partial charge in [-0.15, -0.1) is 0 Å². The summed E-state index contributed by atoms with van der Waals surface area (Å²) in [7, 11) is 1.84. The van der Waals surface area contributed by atoms with Crippen LogP contribution in [0.4, 0.5) is 19.3 Å². The van der Waals surface area contributed by atoms with Crippen molar-refractivity contribution in [2.75, 3.05) is 31.4 Å². The Morgan fingerprint density at radius 1 is 1.19 bits per heavy atom. The van der Waals surface area contributed by atoms with Crippen molar-refractivity contribution < 1.29 is 23.0 Å².